The average Bonchev–Trinajstić information content (AvgIpc) is 3.83. The van der Waals surface area contributed by atoms with Crippen molar-refractivity contribution < 1.29 is 0 Å². The predicted octanol–water partition coefficient (Wildman–Crippen LogP) is 17.2. The number of hydrogen-bond acceptors (Lipinski definition) is 1. The van der Waals surface area contributed by atoms with E-state index >= 15 is 0 Å². The van der Waals surface area contributed by atoms with Gasteiger partial charge in [-0.25, -0.2) is 0 Å². The Bertz CT molecular complexity index is 3530. The molecule has 11 aromatic rings. The Labute approximate surface area is 381 Å². The normalized spacial score (nSPS) is 12.6. The molecule has 2 nitrogen and oxygen atoms in total. The first-order valence-electron chi connectivity index (χ1n) is 22.6. The third-order valence-corrected chi connectivity index (χ3v) is 13.6. The minimum atomic E-state index is -0.166. The van der Waals surface area contributed by atoms with Crippen molar-refractivity contribution in [3.05, 3.63) is 254 Å². The van der Waals surface area contributed by atoms with Gasteiger partial charge in [0.2, 0.25) is 0 Å². The fraction of sp³-hybridized carbons (Fsp3) is 0.0476. The van der Waals surface area contributed by atoms with Crippen LogP contribution in [0.3, 0.4) is 0 Å². The molecular formula is C63H46N2. The van der Waals surface area contributed by atoms with Gasteiger partial charge in [0.25, 0.3) is 0 Å². The van der Waals surface area contributed by atoms with Crippen LogP contribution in [-0.4, -0.2) is 4.57 Å². The van der Waals surface area contributed by atoms with Crippen molar-refractivity contribution in [3.8, 4) is 61.3 Å². The number of fused-ring (bicyclic) bond motifs is 6. The van der Waals surface area contributed by atoms with Crippen molar-refractivity contribution in [2.75, 3.05) is 4.90 Å². The fourth-order valence-corrected chi connectivity index (χ4v) is 10.4. The van der Waals surface area contributed by atoms with E-state index in [4.69, 9.17) is 0 Å². The molecule has 0 atom stereocenters. The average molecular weight is 831 g/mol. The zero-order valence-corrected chi connectivity index (χ0v) is 36.5. The highest BCUT2D eigenvalue weighted by molar-refractivity contribution is 6.15. The van der Waals surface area contributed by atoms with Crippen molar-refractivity contribution in [2.45, 2.75) is 19.3 Å². The van der Waals surface area contributed by atoms with Gasteiger partial charge in [0.1, 0.15) is 0 Å². The lowest BCUT2D eigenvalue weighted by molar-refractivity contribution is 0.660. The summed E-state index contributed by atoms with van der Waals surface area (Å²) in [6.45, 7) is 4.74. The molecule has 1 aliphatic carbocycles. The maximum Gasteiger partial charge on any atom is 0.0620 e. The number of aromatic nitrogens is 1. The van der Waals surface area contributed by atoms with E-state index in [1.54, 1.807) is 0 Å². The molecule has 12 rings (SSSR count). The van der Waals surface area contributed by atoms with Gasteiger partial charge in [-0.15, -0.1) is 0 Å². The second kappa shape index (κ2) is 15.6. The van der Waals surface area contributed by atoms with Crippen LogP contribution in [0.25, 0.3) is 83.1 Å². The zero-order chi connectivity index (χ0) is 43.5. The van der Waals surface area contributed by atoms with Crippen LogP contribution in [0.4, 0.5) is 17.1 Å². The summed E-state index contributed by atoms with van der Waals surface area (Å²) in [5.74, 6) is 0. The van der Waals surface area contributed by atoms with Crippen molar-refractivity contribution >= 4 is 38.9 Å². The van der Waals surface area contributed by atoms with Gasteiger partial charge in [-0.05, 0) is 104 Å². The van der Waals surface area contributed by atoms with E-state index in [0.29, 0.717) is 0 Å². The van der Waals surface area contributed by atoms with Crippen LogP contribution in [0.5, 0.6) is 0 Å². The molecule has 0 fully saturated rings. The minimum Gasteiger partial charge on any atom is -0.310 e. The summed E-state index contributed by atoms with van der Waals surface area (Å²) in [7, 11) is 0. The summed E-state index contributed by atoms with van der Waals surface area (Å²) in [5.41, 5.74) is 21.5. The van der Waals surface area contributed by atoms with Crippen LogP contribution in [0.15, 0.2) is 243 Å². The molecule has 0 saturated heterocycles. The lowest BCUT2D eigenvalue weighted by Gasteiger charge is -2.30. The van der Waals surface area contributed by atoms with Gasteiger partial charge >= 0.3 is 0 Å². The first-order chi connectivity index (χ1) is 32.0. The second-order valence-corrected chi connectivity index (χ2v) is 17.7. The SMILES string of the molecule is CC1(C)c2ccccc2-c2ccc(N(c3ccc(-c4ccc(-c5ccccc5)cc4)cc3)c3cc(-c4ccccc4)ccc3-c3cccc4c5ccccc5n(-c5ccccc5)c34)cc21. The van der Waals surface area contributed by atoms with Crippen molar-refractivity contribution in [3.63, 3.8) is 0 Å². The van der Waals surface area contributed by atoms with Gasteiger partial charge in [-0.3, -0.25) is 0 Å². The van der Waals surface area contributed by atoms with Gasteiger partial charge < -0.3 is 9.47 Å². The highest BCUT2D eigenvalue weighted by Crippen LogP contribution is 2.52. The Balaban J connectivity index is 1.10. The fourth-order valence-electron chi connectivity index (χ4n) is 10.4. The van der Waals surface area contributed by atoms with Crippen molar-refractivity contribution in [1.82, 2.24) is 4.57 Å². The summed E-state index contributed by atoms with van der Waals surface area (Å²) in [6.07, 6.45) is 0. The summed E-state index contributed by atoms with van der Waals surface area (Å²) in [5, 5.41) is 2.46. The third kappa shape index (κ3) is 6.49. The largest absolute Gasteiger partial charge is 0.310 e. The first-order valence-corrected chi connectivity index (χ1v) is 22.6. The van der Waals surface area contributed by atoms with Crippen LogP contribution in [-0.2, 0) is 5.41 Å². The predicted molar refractivity (Wildman–Crippen MR) is 275 cm³/mol. The van der Waals surface area contributed by atoms with E-state index in [0.717, 1.165) is 33.9 Å². The maximum absolute atomic E-state index is 2.50. The lowest BCUT2D eigenvalue weighted by atomic mass is 9.82. The summed E-state index contributed by atoms with van der Waals surface area (Å²) < 4.78 is 2.45. The number of benzene rings is 10. The molecule has 10 aromatic carbocycles. The molecule has 65 heavy (non-hydrogen) atoms. The number of nitrogens with zero attached hydrogens (tertiary/aromatic N) is 2. The zero-order valence-electron chi connectivity index (χ0n) is 36.5. The van der Waals surface area contributed by atoms with Crippen LogP contribution in [0, 0.1) is 0 Å². The van der Waals surface area contributed by atoms with Gasteiger partial charge in [0.15, 0.2) is 0 Å². The Kier molecular flexibility index (Phi) is 9.21. The van der Waals surface area contributed by atoms with Gasteiger partial charge in [-0.2, -0.15) is 0 Å². The molecule has 2 heteroatoms. The molecular weight excluding hydrogens is 785 g/mol. The second-order valence-electron chi connectivity index (χ2n) is 17.7. The maximum atomic E-state index is 2.50. The Morgan fingerprint density at radius 3 is 1.54 bits per heavy atom. The minimum absolute atomic E-state index is 0.166. The summed E-state index contributed by atoms with van der Waals surface area (Å²) >= 11 is 0. The Morgan fingerprint density at radius 2 is 0.831 bits per heavy atom. The Morgan fingerprint density at radius 1 is 0.338 bits per heavy atom. The third-order valence-electron chi connectivity index (χ3n) is 13.6. The molecule has 0 aliphatic heterocycles. The van der Waals surface area contributed by atoms with E-state index in [2.05, 4.69) is 266 Å². The number of para-hydroxylation sites is 3. The lowest BCUT2D eigenvalue weighted by Crippen LogP contribution is -2.17. The van der Waals surface area contributed by atoms with Crippen LogP contribution < -0.4 is 4.90 Å². The van der Waals surface area contributed by atoms with Gasteiger partial charge in [-0.1, -0.05) is 208 Å². The summed E-state index contributed by atoms with van der Waals surface area (Å²) in [6, 6.07) is 89.0. The van der Waals surface area contributed by atoms with E-state index in [9.17, 15) is 0 Å². The molecule has 1 aliphatic rings. The van der Waals surface area contributed by atoms with Crippen LogP contribution in [0.1, 0.15) is 25.0 Å². The first kappa shape index (κ1) is 38.5. The molecule has 0 radical (unpaired) electrons. The monoisotopic (exact) mass is 830 g/mol. The number of anilines is 3. The number of hydrogen-bond donors (Lipinski definition) is 0. The van der Waals surface area contributed by atoms with Crippen LogP contribution in [0.2, 0.25) is 0 Å². The summed E-state index contributed by atoms with van der Waals surface area (Å²) in [4.78, 5) is 2.50. The van der Waals surface area contributed by atoms with Gasteiger partial charge in [0, 0.05) is 44.4 Å². The number of rotatable bonds is 8. The highest BCUT2D eigenvalue weighted by atomic mass is 15.1. The molecule has 308 valence electrons. The Hall–Kier alpha value is -8.20. The molecule has 0 amide bonds. The molecule has 0 saturated carbocycles. The topological polar surface area (TPSA) is 8.17 Å². The molecule has 0 unspecified atom stereocenters. The van der Waals surface area contributed by atoms with E-state index in [-0.39, 0.29) is 5.41 Å². The van der Waals surface area contributed by atoms with Crippen LogP contribution >= 0.6 is 0 Å². The molecule has 1 aromatic heterocycles. The standard InChI is InChI=1S/C63H46N2/c1-63(2)58-27-14-12-23-52(58)53-40-38-51(42-59(53)63)64(50-36-33-47(34-37-50)46-31-29-45(30-32-46)43-17-6-3-7-18-43)61-41-48(44-19-8-4-9-20-44)35-39-55(61)57-26-16-25-56-54-24-13-15-28-60(54)65(62(56)57)49-21-10-5-11-22-49/h3-42H,1-2H3. The molecule has 1 heterocycles. The molecule has 0 bridgehead atoms. The van der Waals surface area contributed by atoms with E-state index in [1.807, 2.05) is 0 Å². The quantitative estimate of drug-likeness (QED) is 0.148. The van der Waals surface area contributed by atoms with E-state index < -0.39 is 0 Å². The highest BCUT2D eigenvalue weighted by Gasteiger charge is 2.36. The van der Waals surface area contributed by atoms with Gasteiger partial charge in [0.05, 0.1) is 16.7 Å². The molecule has 0 spiro atoms. The molecule has 0 N–H and O–H groups in total. The van der Waals surface area contributed by atoms with E-state index in [1.165, 1.54) is 77.4 Å². The van der Waals surface area contributed by atoms with Crippen molar-refractivity contribution in [1.29, 1.82) is 0 Å². The van der Waals surface area contributed by atoms with Crippen molar-refractivity contribution in [2.24, 2.45) is 0 Å². The smallest absolute Gasteiger partial charge is 0.0620 e.